The van der Waals surface area contributed by atoms with Crippen molar-refractivity contribution >= 4 is 21.8 Å². The number of halogens is 1. The van der Waals surface area contributed by atoms with E-state index in [4.69, 9.17) is 4.74 Å². The van der Waals surface area contributed by atoms with Crippen molar-refractivity contribution in [2.24, 2.45) is 5.92 Å². The molecule has 0 radical (unpaired) electrons. The lowest BCUT2D eigenvalue weighted by molar-refractivity contribution is -0.121. The Morgan fingerprint density at radius 3 is 2.61 bits per heavy atom. The summed E-state index contributed by atoms with van der Waals surface area (Å²) in [5.74, 6) is 1.42. The van der Waals surface area contributed by atoms with Crippen LogP contribution < -0.4 is 10.1 Å². The lowest BCUT2D eigenvalue weighted by Crippen LogP contribution is -2.28. The zero-order valence-electron chi connectivity index (χ0n) is 10.9. The second kappa shape index (κ2) is 8.14. The van der Waals surface area contributed by atoms with Crippen LogP contribution in [0.1, 0.15) is 18.9 Å². The smallest absolute Gasteiger partial charge is 0.220 e. The van der Waals surface area contributed by atoms with Crippen molar-refractivity contribution in [1.82, 2.24) is 5.32 Å². The molecule has 1 aromatic rings. The highest BCUT2D eigenvalue weighted by Crippen LogP contribution is 2.12. The second-order valence-corrected chi connectivity index (χ2v) is 5.06. The van der Waals surface area contributed by atoms with Crippen LogP contribution in [-0.2, 0) is 11.2 Å². The van der Waals surface area contributed by atoms with Gasteiger partial charge in [-0.15, -0.1) is 0 Å². The van der Waals surface area contributed by atoms with Gasteiger partial charge in [-0.05, 0) is 30.0 Å². The molecular formula is C14H20BrNO2. The Kier molecular flexibility index (Phi) is 6.80. The van der Waals surface area contributed by atoms with Crippen LogP contribution in [0.15, 0.2) is 24.3 Å². The Bertz CT molecular complexity index is 365. The van der Waals surface area contributed by atoms with Gasteiger partial charge < -0.3 is 10.1 Å². The molecule has 0 aliphatic heterocycles. The van der Waals surface area contributed by atoms with Crippen LogP contribution in [-0.4, -0.2) is 24.9 Å². The molecule has 1 atom stereocenters. The van der Waals surface area contributed by atoms with E-state index in [2.05, 4.69) is 28.2 Å². The van der Waals surface area contributed by atoms with E-state index in [0.717, 1.165) is 29.6 Å². The van der Waals surface area contributed by atoms with Gasteiger partial charge in [-0.25, -0.2) is 0 Å². The minimum Gasteiger partial charge on any atom is -0.497 e. The molecule has 0 saturated carbocycles. The van der Waals surface area contributed by atoms with Gasteiger partial charge in [-0.3, -0.25) is 4.79 Å². The molecule has 0 bridgehead atoms. The van der Waals surface area contributed by atoms with Crippen LogP contribution in [0, 0.1) is 5.92 Å². The Hall–Kier alpha value is -1.03. The van der Waals surface area contributed by atoms with E-state index in [0.29, 0.717) is 12.3 Å². The molecule has 0 fully saturated rings. The summed E-state index contributed by atoms with van der Waals surface area (Å²) in [6.45, 7) is 2.82. The average Bonchev–Trinajstić information content (AvgIpc) is 2.42. The van der Waals surface area contributed by atoms with Gasteiger partial charge in [0.1, 0.15) is 5.75 Å². The van der Waals surface area contributed by atoms with Crippen LogP contribution >= 0.6 is 15.9 Å². The standard InChI is InChI=1S/C14H20BrNO2/c1-11(9-15)10-16-14(17)8-5-12-3-6-13(18-2)7-4-12/h3-4,6-7,11H,5,8-10H2,1-2H3,(H,16,17). The fourth-order valence-corrected chi connectivity index (χ4v) is 1.71. The van der Waals surface area contributed by atoms with Crippen molar-refractivity contribution in [3.05, 3.63) is 29.8 Å². The Morgan fingerprint density at radius 2 is 2.06 bits per heavy atom. The number of carbonyl (C=O) groups is 1. The first-order chi connectivity index (χ1) is 8.65. The summed E-state index contributed by atoms with van der Waals surface area (Å²) in [4.78, 5) is 11.6. The Balaban J connectivity index is 2.29. The van der Waals surface area contributed by atoms with Crippen LogP contribution in [0.4, 0.5) is 0 Å². The summed E-state index contributed by atoms with van der Waals surface area (Å²) in [5, 5.41) is 3.84. The lowest BCUT2D eigenvalue weighted by Gasteiger charge is -2.09. The highest BCUT2D eigenvalue weighted by molar-refractivity contribution is 9.09. The maximum absolute atomic E-state index is 11.6. The van der Waals surface area contributed by atoms with Gasteiger partial charge >= 0.3 is 0 Å². The molecule has 100 valence electrons. The van der Waals surface area contributed by atoms with Crippen molar-refractivity contribution in [2.45, 2.75) is 19.8 Å². The van der Waals surface area contributed by atoms with Gasteiger partial charge in [0.05, 0.1) is 7.11 Å². The number of ether oxygens (including phenoxy) is 1. The molecule has 0 aliphatic rings. The van der Waals surface area contributed by atoms with Crippen LogP contribution in [0.3, 0.4) is 0 Å². The van der Waals surface area contributed by atoms with E-state index in [-0.39, 0.29) is 5.91 Å². The zero-order valence-corrected chi connectivity index (χ0v) is 12.5. The molecule has 0 aromatic heterocycles. The summed E-state index contributed by atoms with van der Waals surface area (Å²) in [6, 6.07) is 7.82. The van der Waals surface area contributed by atoms with Crippen LogP contribution in [0.2, 0.25) is 0 Å². The first-order valence-corrected chi connectivity index (χ1v) is 7.23. The predicted molar refractivity (Wildman–Crippen MR) is 77.3 cm³/mol. The van der Waals surface area contributed by atoms with Gasteiger partial charge in [0.25, 0.3) is 0 Å². The third-order valence-corrected chi connectivity index (χ3v) is 3.82. The molecule has 1 rings (SSSR count). The van der Waals surface area contributed by atoms with Crippen LogP contribution in [0.5, 0.6) is 5.75 Å². The van der Waals surface area contributed by atoms with E-state index >= 15 is 0 Å². The molecule has 1 amide bonds. The first kappa shape index (κ1) is 15.0. The number of rotatable bonds is 7. The molecule has 18 heavy (non-hydrogen) atoms. The van der Waals surface area contributed by atoms with Crippen LogP contribution in [0.25, 0.3) is 0 Å². The molecule has 3 nitrogen and oxygen atoms in total. The number of hydrogen-bond acceptors (Lipinski definition) is 2. The Labute approximate surface area is 117 Å². The van der Waals surface area contributed by atoms with Gasteiger partial charge in [-0.1, -0.05) is 35.0 Å². The summed E-state index contributed by atoms with van der Waals surface area (Å²) in [5.41, 5.74) is 1.15. The number of nitrogens with one attached hydrogen (secondary N) is 1. The van der Waals surface area contributed by atoms with E-state index in [1.54, 1.807) is 7.11 Å². The molecule has 0 aliphatic carbocycles. The van der Waals surface area contributed by atoms with Gasteiger partial charge in [-0.2, -0.15) is 0 Å². The van der Waals surface area contributed by atoms with Crippen molar-refractivity contribution < 1.29 is 9.53 Å². The highest BCUT2D eigenvalue weighted by atomic mass is 79.9. The first-order valence-electron chi connectivity index (χ1n) is 6.11. The monoisotopic (exact) mass is 313 g/mol. The summed E-state index contributed by atoms with van der Waals surface area (Å²) in [7, 11) is 1.65. The normalized spacial score (nSPS) is 11.9. The quantitative estimate of drug-likeness (QED) is 0.786. The Morgan fingerprint density at radius 1 is 1.39 bits per heavy atom. The molecule has 4 heteroatoms. The second-order valence-electron chi connectivity index (χ2n) is 4.41. The maximum Gasteiger partial charge on any atom is 0.220 e. The van der Waals surface area contributed by atoms with E-state index in [9.17, 15) is 4.79 Å². The molecule has 0 heterocycles. The van der Waals surface area contributed by atoms with E-state index in [1.807, 2.05) is 24.3 Å². The average molecular weight is 314 g/mol. The van der Waals surface area contributed by atoms with Crippen molar-refractivity contribution in [2.75, 3.05) is 19.0 Å². The lowest BCUT2D eigenvalue weighted by atomic mass is 10.1. The van der Waals surface area contributed by atoms with E-state index < -0.39 is 0 Å². The van der Waals surface area contributed by atoms with Crippen molar-refractivity contribution in [3.8, 4) is 5.75 Å². The number of carbonyl (C=O) groups excluding carboxylic acids is 1. The van der Waals surface area contributed by atoms with E-state index in [1.165, 1.54) is 0 Å². The van der Waals surface area contributed by atoms with Gasteiger partial charge in [0.15, 0.2) is 0 Å². The minimum absolute atomic E-state index is 0.110. The topological polar surface area (TPSA) is 38.3 Å². The maximum atomic E-state index is 11.6. The zero-order chi connectivity index (χ0) is 13.4. The highest BCUT2D eigenvalue weighted by Gasteiger charge is 2.05. The SMILES string of the molecule is COc1ccc(CCC(=O)NCC(C)CBr)cc1. The summed E-state index contributed by atoms with van der Waals surface area (Å²) in [6.07, 6.45) is 1.29. The molecule has 1 unspecified atom stereocenters. The molecule has 1 aromatic carbocycles. The number of aryl methyl sites for hydroxylation is 1. The third-order valence-electron chi connectivity index (χ3n) is 2.71. The number of benzene rings is 1. The van der Waals surface area contributed by atoms with Gasteiger partial charge in [0.2, 0.25) is 5.91 Å². The van der Waals surface area contributed by atoms with Crippen molar-refractivity contribution in [1.29, 1.82) is 0 Å². The summed E-state index contributed by atoms with van der Waals surface area (Å²) >= 11 is 3.39. The third kappa shape index (κ3) is 5.54. The fourth-order valence-electron chi connectivity index (χ4n) is 1.48. The predicted octanol–water partition coefficient (Wildman–Crippen LogP) is 2.78. The molecule has 1 N–H and O–H groups in total. The molecule has 0 saturated heterocycles. The van der Waals surface area contributed by atoms with Crippen molar-refractivity contribution in [3.63, 3.8) is 0 Å². The fraction of sp³-hybridized carbons (Fsp3) is 0.500. The molecular weight excluding hydrogens is 294 g/mol. The minimum atomic E-state index is 0.110. The molecule has 0 spiro atoms. The van der Waals surface area contributed by atoms with Gasteiger partial charge in [0, 0.05) is 18.3 Å². The number of amides is 1. The number of methoxy groups -OCH3 is 1. The largest absolute Gasteiger partial charge is 0.497 e. The number of hydrogen-bond donors (Lipinski definition) is 1. The summed E-state index contributed by atoms with van der Waals surface area (Å²) < 4.78 is 5.09. The number of alkyl halides is 1.